The first-order chi connectivity index (χ1) is 10.3. The lowest BCUT2D eigenvalue weighted by atomic mass is 10.1. The highest BCUT2D eigenvalue weighted by atomic mass is 16.3. The number of hydrogen-bond donors (Lipinski definition) is 2. The fourth-order valence-electron chi connectivity index (χ4n) is 3.18. The number of likely N-dealkylation sites (tertiary alicyclic amines) is 1. The van der Waals surface area contributed by atoms with E-state index in [1.165, 1.54) is 6.42 Å². The maximum atomic E-state index is 12.2. The highest BCUT2D eigenvalue weighted by Crippen LogP contribution is 2.19. The minimum Gasteiger partial charge on any atom is -0.395 e. The van der Waals surface area contributed by atoms with Crippen molar-refractivity contribution in [2.24, 2.45) is 0 Å². The predicted octanol–water partition coefficient (Wildman–Crippen LogP) is 2.27. The van der Waals surface area contributed by atoms with Crippen molar-refractivity contribution in [2.75, 3.05) is 13.2 Å². The van der Waals surface area contributed by atoms with Gasteiger partial charge in [-0.1, -0.05) is 31.0 Å². The Bertz CT molecular complexity index is 665. The number of aromatic amines is 1. The molecule has 2 aromatic rings. The number of para-hydroxylation sites is 1. The van der Waals surface area contributed by atoms with Crippen LogP contribution in [-0.2, 0) is 6.54 Å². The van der Waals surface area contributed by atoms with Crippen molar-refractivity contribution in [3.63, 3.8) is 0 Å². The van der Waals surface area contributed by atoms with Crippen LogP contribution in [0.1, 0.15) is 31.2 Å². The van der Waals surface area contributed by atoms with Crippen LogP contribution in [-0.4, -0.2) is 34.2 Å². The fourth-order valence-corrected chi connectivity index (χ4v) is 3.18. The molecule has 1 fully saturated rings. The highest BCUT2D eigenvalue weighted by Gasteiger charge is 2.21. The molecule has 4 heteroatoms. The predicted molar refractivity (Wildman–Crippen MR) is 84.3 cm³/mol. The molecule has 1 aliphatic rings. The van der Waals surface area contributed by atoms with Crippen LogP contribution in [0.15, 0.2) is 35.1 Å². The number of nitrogens with zero attached hydrogens (tertiary/aromatic N) is 1. The zero-order chi connectivity index (χ0) is 14.7. The van der Waals surface area contributed by atoms with Crippen LogP contribution in [0.4, 0.5) is 0 Å². The van der Waals surface area contributed by atoms with E-state index in [1.54, 1.807) is 0 Å². The van der Waals surface area contributed by atoms with Gasteiger partial charge in [-0.2, -0.15) is 0 Å². The van der Waals surface area contributed by atoms with Gasteiger partial charge in [-0.3, -0.25) is 9.69 Å². The second-order valence-corrected chi connectivity index (χ2v) is 5.87. The molecule has 2 N–H and O–H groups in total. The molecular formula is C17H22N2O2. The molecule has 4 nitrogen and oxygen atoms in total. The summed E-state index contributed by atoms with van der Waals surface area (Å²) >= 11 is 0. The lowest BCUT2D eigenvalue weighted by molar-refractivity contribution is 0.118. The van der Waals surface area contributed by atoms with E-state index in [-0.39, 0.29) is 18.2 Å². The molecule has 2 heterocycles. The molecule has 1 saturated heterocycles. The molecular weight excluding hydrogens is 264 g/mol. The summed E-state index contributed by atoms with van der Waals surface area (Å²) in [5.41, 5.74) is 1.64. The van der Waals surface area contributed by atoms with Crippen molar-refractivity contribution >= 4 is 10.9 Å². The molecule has 0 unspecified atom stereocenters. The summed E-state index contributed by atoms with van der Waals surface area (Å²) in [7, 11) is 0. The first-order valence-corrected chi connectivity index (χ1v) is 7.74. The van der Waals surface area contributed by atoms with Crippen LogP contribution in [0.2, 0.25) is 0 Å². The van der Waals surface area contributed by atoms with Crippen molar-refractivity contribution in [1.29, 1.82) is 0 Å². The van der Waals surface area contributed by atoms with Gasteiger partial charge in [0.15, 0.2) is 0 Å². The van der Waals surface area contributed by atoms with Crippen LogP contribution in [0.3, 0.4) is 0 Å². The van der Waals surface area contributed by atoms with Gasteiger partial charge in [0.25, 0.3) is 5.56 Å². The molecule has 0 radical (unpaired) electrons. The van der Waals surface area contributed by atoms with Gasteiger partial charge in [0.05, 0.1) is 6.61 Å². The molecule has 1 atom stereocenters. The summed E-state index contributed by atoms with van der Waals surface area (Å²) in [5.74, 6) is 0. The topological polar surface area (TPSA) is 56.3 Å². The van der Waals surface area contributed by atoms with Gasteiger partial charge in [0, 0.05) is 23.7 Å². The Morgan fingerprint density at radius 1 is 1.24 bits per heavy atom. The number of aliphatic hydroxyl groups excluding tert-OH is 1. The Balaban J connectivity index is 1.89. The Kier molecular flexibility index (Phi) is 4.36. The van der Waals surface area contributed by atoms with Gasteiger partial charge in [-0.15, -0.1) is 0 Å². The van der Waals surface area contributed by atoms with Crippen LogP contribution >= 0.6 is 0 Å². The number of aliphatic hydroxyl groups is 1. The number of aromatic nitrogens is 1. The largest absolute Gasteiger partial charge is 0.395 e. The number of hydrogen-bond acceptors (Lipinski definition) is 3. The van der Waals surface area contributed by atoms with Crippen LogP contribution < -0.4 is 5.56 Å². The van der Waals surface area contributed by atoms with E-state index in [2.05, 4.69) is 9.88 Å². The summed E-state index contributed by atoms with van der Waals surface area (Å²) in [4.78, 5) is 17.5. The minimum absolute atomic E-state index is 0.0189. The van der Waals surface area contributed by atoms with E-state index in [9.17, 15) is 9.90 Å². The molecule has 0 spiro atoms. The summed E-state index contributed by atoms with van der Waals surface area (Å²) in [5, 5.41) is 10.6. The van der Waals surface area contributed by atoms with Gasteiger partial charge in [-0.05, 0) is 36.9 Å². The van der Waals surface area contributed by atoms with E-state index < -0.39 is 0 Å². The smallest absolute Gasteiger partial charge is 0.252 e. The van der Waals surface area contributed by atoms with E-state index in [0.29, 0.717) is 6.54 Å². The van der Waals surface area contributed by atoms with E-state index >= 15 is 0 Å². The third-order valence-electron chi connectivity index (χ3n) is 4.41. The maximum absolute atomic E-state index is 12.2. The number of fused-ring (bicyclic) bond motifs is 1. The number of rotatable bonds is 3. The first-order valence-electron chi connectivity index (χ1n) is 7.74. The SMILES string of the molecule is O=c1[nH]c2ccccc2cc1CN1CCCCC[C@H]1CO. The average molecular weight is 286 g/mol. The molecule has 112 valence electrons. The van der Waals surface area contributed by atoms with E-state index in [0.717, 1.165) is 42.3 Å². The Morgan fingerprint density at radius 3 is 2.95 bits per heavy atom. The molecule has 1 aromatic heterocycles. The molecule has 0 bridgehead atoms. The number of nitrogens with one attached hydrogen (secondary N) is 1. The second kappa shape index (κ2) is 6.41. The maximum Gasteiger partial charge on any atom is 0.252 e. The third-order valence-corrected chi connectivity index (χ3v) is 4.41. The zero-order valence-electron chi connectivity index (χ0n) is 12.2. The standard InChI is InChI=1S/C17H22N2O2/c20-12-15-7-2-1-5-9-19(15)11-14-10-13-6-3-4-8-16(13)18-17(14)21/h3-4,6,8,10,15,20H,1-2,5,7,9,11-12H2,(H,18,21)/t15-/m0/s1. The summed E-state index contributed by atoms with van der Waals surface area (Å²) < 4.78 is 0. The Hall–Kier alpha value is -1.65. The van der Waals surface area contributed by atoms with E-state index in [1.807, 2.05) is 30.3 Å². The minimum atomic E-state index is -0.0189. The quantitative estimate of drug-likeness (QED) is 0.910. The Labute approximate surface area is 124 Å². The van der Waals surface area contributed by atoms with Gasteiger partial charge >= 0.3 is 0 Å². The molecule has 0 aliphatic carbocycles. The van der Waals surface area contributed by atoms with Gasteiger partial charge < -0.3 is 10.1 Å². The van der Waals surface area contributed by atoms with Gasteiger partial charge in [0.1, 0.15) is 0 Å². The molecule has 1 aliphatic heterocycles. The van der Waals surface area contributed by atoms with E-state index in [4.69, 9.17) is 0 Å². The van der Waals surface area contributed by atoms with Crippen LogP contribution in [0, 0.1) is 0 Å². The highest BCUT2D eigenvalue weighted by molar-refractivity contribution is 5.78. The first kappa shape index (κ1) is 14.3. The van der Waals surface area contributed by atoms with Gasteiger partial charge in [-0.25, -0.2) is 0 Å². The van der Waals surface area contributed by atoms with Gasteiger partial charge in [0.2, 0.25) is 0 Å². The second-order valence-electron chi connectivity index (χ2n) is 5.87. The normalized spacial score (nSPS) is 20.5. The molecule has 21 heavy (non-hydrogen) atoms. The molecule has 3 rings (SSSR count). The van der Waals surface area contributed by atoms with Crippen LogP contribution in [0.25, 0.3) is 10.9 Å². The molecule has 0 saturated carbocycles. The third kappa shape index (κ3) is 3.17. The average Bonchev–Trinajstić information content (AvgIpc) is 2.73. The monoisotopic (exact) mass is 286 g/mol. The van der Waals surface area contributed by atoms with Crippen molar-refractivity contribution < 1.29 is 5.11 Å². The Morgan fingerprint density at radius 2 is 2.10 bits per heavy atom. The molecule has 0 amide bonds. The molecule has 1 aromatic carbocycles. The van der Waals surface area contributed by atoms with Crippen molar-refractivity contribution in [2.45, 2.75) is 38.3 Å². The van der Waals surface area contributed by atoms with Crippen LogP contribution in [0.5, 0.6) is 0 Å². The number of pyridine rings is 1. The fraction of sp³-hybridized carbons (Fsp3) is 0.471. The number of H-pyrrole nitrogens is 1. The zero-order valence-corrected chi connectivity index (χ0v) is 12.2. The summed E-state index contributed by atoms with van der Waals surface area (Å²) in [6.45, 7) is 1.74. The summed E-state index contributed by atoms with van der Waals surface area (Å²) in [6.07, 6.45) is 4.53. The summed E-state index contributed by atoms with van der Waals surface area (Å²) in [6, 6.07) is 10.00. The lowest BCUT2D eigenvalue weighted by Gasteiger charge is -2.28. The number of benzene rings is 1. The van der Waals surface area contributed by atoms with Crippen molar-refractivity contribution in [3.05, 3.63) is 46.2 Å². The van der Waals surface area contributed by atoms with Crippen molar-refractivity contribution in [3.8, 4) is 0 Å². The van der Waals surface area contributed by atoms with Crippen molar-refractivity contribution in [1.82, 2.24) is 9.88 Å². The lowest BCUT2D eigenvalue weighted by Crippen LogP contribution is -2.38.